The second-order valence-electron chi connectivity index (χ2n) is 9.21. The zero-order valence-electron chi connectivity index (χ0n) is 20.2. The van der Waals surface area contributed by atoms with E-state index in [-0.39, 0.29) is 5.92 Å². The number of alkyl halides is 3. The molecule has 0 spiro atoms. The molecule has 3 atom stereocenters. The van der Waals surface area contributed by atoms with Crippen molar-refractivity contribution in [3.8, 4) is 0 Å². The lowest BCUT2D eigenvalue weighted by Gasteiger charge is -2.34. The van der Waals surface area contributed by atoms with E-state index in [0.717, 1.165) is 0 Å². The Morgan fingerprint density at radius 3 is 2.35 bits per heavy atom. The van der Waals surface area contributed by atoms with Crippen molar-refractivity contribution in [2.24, 2.45) is 11.3 Å². The maximum absolute atomic E-state index is 12.9. The van der Waals surface area contributed by atoms with E-state index in [4.69, 9.17) is 44.3 Å². The van der Waals surface area contributed by atoms with E-state index in [1.807, 2.05) is 0 Å². The van der Waals surface area contributed by atoms with Gasteiger partial charge in [-0.05, 0) is 46.0 Å². The lowest BCUT2D eigenvalue weighted by Crippen LogP contribution is -2.60. The quantitative estimate of drug-likeness (QED) is 0.248. The standard InChI is InChI=1S/C22H34Cl3N3O6/c1-7-10-21(5,6)20(32)34-16(13(2)3)17(29)26-14(4)18(30)28-11-8-9-15(27-28)19(31)33-12-22(23,24)25/h7,13-16,27H,1,8-12H2,2-6H3,(H,26,29)/t14-,15-,16?/m0/s1. The molecule has 9 nitrogen and oxygen atoms in total. The van der Waals surface area contributed by atoms with E-state index in [2.05, 4.69) is 17.3 Å². The van der Waals surface area contributed by atoms with Gasteiger partial charge in [-0.15, -0.1) is 6.58 Å². The van der Waals surface area contributed by atoms with Crippen molar-refractivity contribution in [2.45, 2.75) is 75.9 Å². The minimum absolute atomic E-state index is 0.323. The van der Waals surface area contributed by atoms with Crippen LogP contribution >= 0.6 is 34.8 Å². The van der Waals surface area contributed by atoms with Crippen LogP contribution in [0.4, 0.5) is 0 Å². The molecule has 1 fully saturated rings. The Balaban J connectivity index is 2.75. The van der Waals surface area contributed by atoms with Crippen molar-refractivity contribution in [3.05, 3.63) is 12.7 Å². The zero-order valence-corrected chi connectivity index (χ0v) is 22.4. The Morgan fingerprint density at radius 1 is 1.21 bits per heavy atom. The predicted octanol–water partition coefficient (Wildman–Crippen LogP) is 3.07. The lowest BCUT2D eigenvalue weighted by molar-refractivity contribution is -0.167. The maximum Gasteiger partial charge on any atom is 0.325 e. The van der Waals surface area contributed by atoms with Gasteiger partial charge in [-0.1, -0.05) is 54.7 Å². The second kappa shape index (κ2) is 13.0. The van der Waals surface area contributed by atoms with Crippen LogP contribution in [0, 0.1) is 11.3 Å². The van der Waals surface area contributed by atoms with Crippen LogP contribution in [0.15, 0.2) is 12.7 Å². The first kappa shape index (κ1) is 30.5. The van der Waals surface area contributed by atoms with Gasteiger partial charge in [-0.25, -0.2) is 5.43 Å². The summed E-state index contributed by atoms with van der Waals surface area (Å²) < 4.78 is 8.73. The van der Waals surface area contributed by atoms with Crippen molar-refractivity contribution in [2.75, 3.05) is 13.2 Å². The molecule has 0 aromatic carbocycles. The van der Waals surface area contributed by atoms with Crippen LogP contribution in [0.25, 0.3) is 0 Å². The van der Waals surface area contributed by atoms with E-state index in [1.54, 1.807) is 33.8 Å². The van der Waals surface area contributed by atoms with Gasteiger partial charge in [0.1, 0.15) is 18.7 Å². The summed E-state index contributed by atoms with van der Waals surface area (Å²) in [5.74, 6) is -2.57. The Kier molecular flexibility index (Phi) is 11.6. The molecule has 1 rings (SSSR count). The SMILES string of the molecule is C=CCC(C)(C)C(=O)OC(C(=O)N[C@@H](C)C(=O)N1CCC[C@@H](C(=O)OCC(Cl)(Cl)Cl)N1)C(C)C. The fourth-order valence-electron chi connectivity index (χ4n) is 3.17. The average Bonchev–Trinajstić information content (AvgIpc) is 2.74. The number of nitrogens with zero attached hydrogens (tertiary/aromatic N) is 1. The highest BCUT2D eigenvalue weighted by Gasteiger charge is 2.37. The third-order valence-corrected chi connectivity index (χ3v) is 5.48. The van der Waals surface area contributed by atoms with Gasteiger partial charge in [-0.2, -0.15) is 0 Å². The third kappa shape index (κ3) is 9.60. The molecule has 0 radical (unpaired) electrons. The molecule has 1 heterocycles. The van der Waals surface area contributed by atoms with Crippen molar-refractivity contribution >= 4 is 58.6 Å². The number of rotatable bonds is 10. The molecule has 1 aliphatic rings. The second-order valence-corrected chi connectivity index (χ2v) is 11.7. The van der Waals surface area contributed by atoms with Crippen molar-refractivity contribution in [3.63, 3.8) is 0 Å². The fourth-order valence-corrected chi connectivity index (χ4v) is 3.33. The van der Waals surface area contributed by atoms with E-state index in [1.165, 1.54) is 11.9 Å². The summed E-state index contributed by atoms with van der Waals surface area (Å²) in [7, 11) is 0. The number of hydrogen-bond acceptors (Lipinski definition) is 7. The van der Waals surface area contributed by atoms with Gasteiger partial charge in [0.05, 0.1) is 5.41 Å². The van der Waals surface area contributed by atoms with Crippen molar-refractivity contribution < 1.29 is 28.7 Å². The predicted molar refractivity (Wildman–Crippen MR) is 130 cm³/mol. The lowest BCUT2D eigenvalue weighted by atomic mass is 9.89. The Bertz CT molecular complexity index is 769. The number of amides is 2. The van der Waals surface area contributed by atoms with E-state index in [0.29, 0.717) is 25.8 Å². The molecule has 0 saturated carbocycles. The normalized spacial score (nSPS) is 18.6. The first-order valence-corrected chi connectivity index (χ1v) is 12.2. The summed E-state index contributed by atoms with van der Waals surface area (Å²) in [4.78, 5) is 50.5. The largest absolute Gasteiger partial charge is 0.460 e. The van der Waals surface area contributed by atoms with Gasteiger partial charge >= 0.3 is 11.9 Å². The summed E-state index contributed by atoms with van der Waals surface area (Å²) in [6.07, 6.45) is 1.87. The molecule has 2 N–H and O–H groups in total. The highest BCUT2D eigenvalue weighted by atomic mass is 35.6. The van der Waals surface area contributed by atoms with Crippen LogP contribution in [0.5, 0.6) is 0 Å². The van der Waals surface area contributed by atoms with Crippen LogP contribution in [0.3, 0.4) is 0 Å². The molecule has 2 amide bonds. The minimum atomic E-state index is -1.74. The molecule has 1 saturated heterocycles. The molecular formula is C22H34Cl3N3O6. The highest BCUT2D eigenvalue weighted by Crippen LogP contribution is 2.26. The van der Waals surface area contributed by atoms with Crippen LogP contribution in [-0.2, 0) is 28.7 Å². The number of hydrogen-bond donors (Lipinski definition) is 2. The summed E-state index contributed by atoms with van der Waals surface area (Å²) >= 11 is 16.8. The number of carbonyl (C=O) groups excluding carboxylic acids is 4. The maximum atomic E-state index is 12.9. The number of esters is 2. The molecule has 1 unspecified atom stereocenters. The first-order valence-electron chi connectivity index (χ1n) is 11.0. The van der Waals surface area contributed by atoms with Gasteiger partial charge in [0.25, 0.3) is 11.8 Å². The van der Waals surface area contributed by atoms with Crippen LogP contribution in [0.2, 0.25) is 0 Å². The first-order chi connectivity index (χ1) is 15.6. The molecule has 0 aliphatic carbocycles. The van der Waals surface area contributed by atoms with Gasteiger partial charge < -0.3 is 14.8 Å². The molecule has 0 bridgehead atoms. The number of hydrazine groups is 1. The molecular weight excluding hydrogens is 509 g/mol. The van der Waals surface area contributed by atoms with E-state index in [9.17, 15) is 19.2 Å². The number of carbonyl (C=O) groups is 4. The molecule has 34 heavy (non-hydrogen) atoms. The van der Waals surface area contributed by atoms with E-state index >= 15 is 0 Å². The molecule has 0 aromatic heterocycles. The third-order valence-electron chi connectivity index (χ3n) is 5.15. The summed E-state index contributed by atoms with van der Waals surface area (Å²) in [5.41, 5.74) is 1.96. The fraction of sp³-hybridized carbons (Fsp3) is 0.727. The molecule has 1 aliphatic heterocycles. The average molecular weight is 543 g/mol. The van der Waals surface area contributed by atoms with Crippen LogP contribution < -0.4 is 10.7 Å². The van der Waals surface area contributed by atoms with Gasteiger partial charge in [-0.3, -0.25) is 24.2 Å². The Morgan fingerprint density at radius 2 is 1.82 bits per heavy atom. The monoisotopic (exact) mass is 541 g/mol. The number of nitrogens with one attached hydrogen (secondary N) is 2. The molecule has 0 aromatic rings. The highest BCUT2D eigenvalue weighted by molar-refractivity contribution is 6.67. The van der Waals surface area contributed by atoms with Gasteiger partial charge in [0.15, 0.2) is 6.10 Å². The van der Waals surface area contributed by atoms with E-state index < -0.39 is 57.8 Å². The van der Waals surface area contributed by atoms with Gasteiger partial charge in [0.2, 0.25) is 3.79 Å². The Hall–Kier alpha value is -1.55. The summed E-state index contributed by atoms with van der Waals surface area (Å²) in [5, 5.41) is 3.85. The number of ether oxygens (including phenoxy) is 2. The summed E-state index contributed by atoms with van der Waals surface area (Å²) in [6.45, 7) is 11.9. The molecule has 194 valence electrons. The van der Waals surface area contributed by atoms with Gasteiger partial charge in [0, 0.05) is 6.54 Å². The van der Waals surface area contributed by atoms with Crippen molar-refractivity contribution in [1.29, 1.82) is 0 Å². The summed E-state index contributed by atoms with van der Waals surface area (Å²) in [6, 6.07) is -1.75. The minimum Gasteiger partial charge on any atom is -0.460 e. The topological polar surface area (TPSA) is 114 Å². The van der Waals surface area contributed by atoms with Crippen LogP contribution in [0.1, 0.15) is 53.9 Å². The number of halogens is 3. The zero-order chi connectivity index (χ0) is 26.3. The van der Waals surface area contributed by atoms with Crippen LogP contribution in [-0.4, -0.2) is 63.9 Å². The number of allylic oxidation sites excluding steroid dienone is 1. The Labute approximate surface area is 215 Å². The molecule has 12 heteroatoms. The smallest absolute Gasteiger partial charge is 0.325 e. The van der Waals surface area contributed by atoms with Crippen molar-refractivity contribution in [1.82, 2.24) is 15.8 Å².